The SMILES string of the molecule is CCCS(=O)(=O)ON1c2ccccc2Oc2cc(Cl)ccc21. The van der Waals surface area contributed by atoms with Crippen molar-refractivity contribution in [2.24, 2.45) is 0 Å². The third-order valence-corrected chi connectivity index (χ3v) is 4.61. The van der Waals surface area contributed by atoms with Crippen molar-refractivity contribution in [3.63, 3.8) is 0 Å². The second-order valence-corrected chi connectivity index (χ2v) is 6.92. The van der Waals surface area contributed by atoms with Gasteiger partial charge in [0.25, 0.3) is 10.1 Å². The first-order chi connectivity index (χ1) is 10.5. The number of ether oxygens (including phenoxy) is 1. The van der Waals surface area contributed by atoms with Gasteiger partial charge in [-0.1, -0.05) is 30.7 Å². The Morgan fingerprint density at radius 2 is 1.86 bits per heavy atom. The molecule has 7 heteroatoms. The van der Waals surface area contributed by atoms with Gasteiger partial charge >= 0.3 is 0 Å². The highest BCUT2D eigenvalue weighted by Gasteiger charge is 2.29. The molecule has 2 aromatic carbocycles. The van der Waals surface area contributed by atoms with Crippen LogP contribution in [0.15, 0.2) is 42.5 Å². The van der Waals surface area contributed by atoms with E-state index in [1.807, 2.05) is 0 Å². The highest BCUT2D eigenvalue weighted by molar-refractivity contribution is 7.86. The summed E-state index contributed by atoms with van der Waals surface area (Å²) < 4.78 is 35.2. The van der Waals surface area contributed by atoms with Crippen LogP contribution in [0.5, 0.6) is 11.5 Å². The van der Waals surface area contributed by atoms with Crippen molar-refractivity contribution in [2.75, 3.05) is 10.8 Å². The van der Waals surface area contributed by atoms with Crippen LogP contribution in [-0.4, -0.2) is 14.2 Å². The Morgan fingerprint density at radius 1 is 1.14 bits per heavy atom. The molecule has 1 heterocycles. The van der Waals surface area contributed by atoms with Crippen LogP contribution in [0.3, 0.4) is 0 Å². The van der Waals surface area contributed by atoms with Crippen molar-refractivity contribution in [1.29, 1.82) is 0 Å². The van der Waals surface area contributed by atoms with Gasteiger partial charge in [-0.15, -0.1) is 4.28 Å². The average molecular weight is 340 g/mol. The molecule has 22 heavy (non-hydrogen) atoms. The van der Waals surface area contributed by atoms with E-state index in [0.29, 0.717) is 34.3 Å². The lowest BCUT2D eigenvalue weighted by Gasteiger charge is -2.30. The fourth-order valence-corrected chi connectivity index (χ4v) is 3.30. The molecule has 1 aliphatic heterocycles. The Kier molecular flexibility index (Phi) is 3.99. The molecule has 0 saturated carbocycles. The van der Waals surface area contributed by atoms with Crippen molar-refractivity contribution in [3.8, 4) is 11.5 Å². The number of hydrogen-bond donors (Lipinski definition) is 0. The van der Waals surface area contributed by atoms with E-state index in [1.165, 1.54) is 5.06 Å². The zero-order chi connectivity index (χ0) is 15.7. The summed E-state index contributed by atoms with van der Waals surface area (Å²) in [5.41, 5.74) is 1.01. The lowest BCUT2D eigenvalue weighted by molar-refractivity contribution is 0.308. The fourth-order valence-electron chi connectivity index (χ4n) is 2.18. The van der Waals surface area contributed by atoms with E-state index in [2.05, 4.69) is 0 Å². The molecule has 0 unspecified atom stereocenters. The third kappa shape index (κ3) is 2.90. The van der Waals surface area contributed by atoms with Crippen LogP contribution >= 0.6 is 11.6 Å². The number of nitrogens with zero attached hydrogens (tertiary/aromatic N) is 1. The van der Waals surface area contributed by atoms with E-state index >= 15 is 0 Å². The second kappa shape index (κ2) is 5.79. The van der Waals surface area contributed by atoms with Crippen LogP contribution in [0.2, 0.25) is 5.02 Å². The van der Waals surface area contributed by atoms with Gasteiger partial charge in [0.05, 0.1) is 5.75 Å². The van der Waals surface area contributed by atoms with Gasteiger partial charge in [-0.2, -0.15) is 13.5 Å². The van der Waals surface area contributed by atoms with Crippen molar-refractivity contribution >= 4 is 33.1 Å². The Labute approximate surface area is 134 Å². The van der Waals surface area contributed by atoms with Gasteiger partial charge in [0.1, 0.15) is 11.4 Å². The maximum Gasteiger partial charge on any atom is 0.288 e. The number of para-hydroxylation sites is 2. The summed E-state index contributed by atoms with van der Waals surface area (Å²) in [6.45, 7) is 1.78. The topological polar surface area (TPSA) is 55.8 Å². The largest absolute Gasteiger partial charge is 0.453 e. The van der Waals surface area contributed by atoms with Gasteiger partial charge in [0.15, 0.2) is 11.5 Å². The van der Waals surface area contributed by atoms with Crippen LogP contribution in [0.4, 0.5) is 11.4 Å². The molecular weight excluding hydrogens is 326 g/mol. The molecule has 0 atom stereocenters. The summed E-state index contributed by atoms with van der Waals surface area (Å²) in [6, 6.07) is 12.0. The summed E-state index contributed by atoms with van der Waals surface area (Å²) in [5.74, 6) is 0.886. The summed E-state index contributed by atoms with van der Waals surface area (Å²) in [6.07, 6.45) is 0.474. The lowest BCUT2D eigenvalue weighted by Crippen LogP contribution is -2.26. The molecule has 0 amide bonds. The molecule has 0 radical (unpaired) electrons. The third-order valence-electron chi connectivity index (χ3n) is 3.09. The normalized spacial score (nSPS) is 13.3. The Morgan fingerprint density at radius 3 is 2.64 bits per heavy atom. The van der Waals surface area contributed by atoms with Gasteiger partial charge in [0, 0.05) is 11.1 Å². The van der Waals surface area contributed by atoms with Gasteiger partial charge in [-0.25, -0.2) is 0 Å². The minimum atomic E-state index is -3.69. The average Bonchev–Trinajstić information content (AvgIpc) is 2.46. The summed E-state index contributed by atoms with van der Waals surface area (Å²) in [7, 11) is -3.69. The first-order valence-corrected chi connectivity index (χ1v) is 8.74. The van der Waals surface area contributed by atoms with Crippen LogP contribution in [0.1, 0.15) is 13.3 Å². The molecule has 0 aromatic heterocycles. The number of fused-ring (bicyclic) bond motifs is 2. The molecular formula is C15H14ClNO4S. The van der Waals surface area contributed by atoms with Crippen LogP contribution in [0.25, 0.3) is 0 Å². The molecule has 0 spiro atoms. The summed E-state index contributed by atoms with van der Waals surface area (Å²) in [4.78, 5) is 0. The van der Waals surface area contributed by atoms with Gasteiger partial charge in [-0.05, 0) is 30.7 Å². The number of benzene rings is 2. The Balaban J connectivity index is 2.09. The van der Waals surface area contributed by atoms with E-state index < -0.39 is 10.1 Å². The summed E-state index contributed by atoms with van der Waals surface area (Å²) >= 11 is 5.98. The number of anilines is 2. The van der Waals surface area contributed by atoms with E-state index in [-0.39, 0.29) is 5.75 Å². The monoisotopic (exact) mass is 339 g/mol. The minimum Gasteiger partial charge on any atom is -0.453 e. The van der Waals surface area contributed by atoms with Crippen molar-refractivity contribution in [2.45, 2.75) is 13.3 Å². The second-order valence-electron chi connectivity index (χ2n) is 4.81. The molecule has 0 fully saturated rings. The highest BCUT2D eigenvalue weighted by atomic mass is 35.5. The zero-order valence-corrected chi connectivity index (χ0v) is 13.4. The summed E-state index contributed by atoms with van der Waals surface area (Å²) in [5, 5.41) is 1.77. The number of hydrogen-bond acceptors (Lipinski definition) is 5. The zero-order valence-electron chi connectivity index (χ0n) is 11.8. The van der Waals surface area contributed by atoms with Crippen molar-refractivity contribution in [3.05, 3.63) is 47.5 Å². The van der Waals surface area contributed by atoms with Crippen LogP contribution in [0, 0.1) is 0 Å². The van der Waals surface area contributed by atoms with Crippen molar-refractivity contribution in [1.82, 2.24) is 0 Å². The molecule has 3 rings (SSSR count). The first kappa shape index (κ1) is 15.1. The molecule has 0 bridgehead atoms. The first-order valence-electron chi connectivity index (χ1n) is 6.79. The van der Waals surface area contributed by atoms with Gasteiger partial charge in [0.2, 0.25) is 0 Å². The van der Waals surface area contributed by atoms with Crippen molar-refractivity contribution < 1.29 is 17.4 Å². The molecule has 2 aromatic rings. The Hall–Kier alpha value is -1.76. The maximum atomic E-state index is 12.1. The van der Waals surface area contributed by atoms with E-state index in [4.69, 9.17) is 20.6 Å². The number of halogens is 1. The molecule has 1 aliphatic rings. The maximum absolute atomic E-state index is 12.1. The van der Waals surface area contributed by atoms with E-state index in [1.54, 1.807) is 49.4 Å². The standard InChI is InChI=1S/C15H14ClNO4S/c1-2-9-22(18,19)21-17-12-5-3-4-6-14(12)20-15-10-11(16)7-8-13(15)17/h3-8,10H,2,9H2,1H3. The quantitative estimate of drug-likeness (QED) is 0.833. The predicted octanol–water partition coefficient (Wildman–Crippen LogP) is 4.26. The molecule has 0 aliphatic carbocycles. The molecule has 5 nitrogen and oxygen atoms in total. The van der Waals surface area contributed by atoms with Crippen LogP contribution < -0.4 is 9.80 Å². The fraction of sp³-hybridized carbons (Fsp3) is 0.200. The molecule has 0 saturated heterocycles. The molecule has 116 valence electrons. The predicted molar refractivity (Wildman–Crippen MR) is 85.3 cm³/mol. The smallest absolute Gasteiger partial charge is 0.288 e. The van der Waals surface area contributed by atoms with E-state index in [9.17, 15) is 8.42 Å². The molecule has 0 N–H and O–H groups in total. The van der Waals surface area contributed by atoms with Crippen LogP contribution in [-0.2, 0) is 14.4 Å². The van der Waals surface area contributed by atoms with Gasteiger partial charge in [-0.3, -0.25) is 0 Å². The highest BCUT2D eigenvalue weighted by Crippen LogP contribution is 2.47. The number of rotatable bonds is 4. The minimum absolute atomic E-state index is 0.0601. The van der Waals surface area contributed by atoms with Gasteiger partial charge < -0.3 is 4.74 Å². The van der Waals surface area contributed by atoms with E-state index in [0.717, 1.165) is 0 Å². The lowest BCUT2D eigenvalue weighted by atomic mass is 10.2. The Bertz CT molecular complexity index is 807.